The van der Waals surface area contributed by atoms with Gasteiger partial charge in [0.1, 0.15) is 16.5 Å². The standard InChI is InChI=1S/C20H25F3N4O4S/c1-4-27(5-2)9-8-24-18(28)15-7-6-13(10-16(15)30-3)25-19(29)26-17-11-14(12-32-17)31-20(21,22)23/h6-7,10-12H,4-5,8-9H2,1-3H3,(H,24,28)(H2,25,26,29). The van der Waals surface area contributed by atoms with Crippen molar-refractivity contribution in [2.45, 2.75) is 20.2 Å². The molecular formula is C20H25F3N4O4S. The molecule has 1 aromatic heterocycles. The van der Waals surface area contributed by atoms with Gasteiger partial charge in [-0.3, -0.25) is 10.1 Å². The van der Waals surface area contributed by atoms with E-state index in [0.29, 0.717) is 17.8 Å². The molecular weight excluding hydrogens is 449 g/mol. The second-order valence-electron chi connectivity index (χ2n) is 6.47. The van der Waals surface area contributed by atoms with Crippen LogP contribution in [0.15, 0.2) is 29.6 Å². The molecule has 2 rings (SSSR count). The number of likely N-dealkylation sites (N-methyl/N-ethyl adjacent to an activating group) is 1. The lowest BCUT2D eigenvalue weighted by molar-refractivity contribution is -0.274. The Hall–Kier alpha value is -2.99. The first-order valence-corrected chi connectivity index (χ1v) is 10.6. The largest absolute Gasteiger partial charge is 0.573 e. The van der Waals surface area contributed by atoms with E-state index in [-0.39, 0.29) is 16.7 Å². The lowest BCUT2D eigenvalue weighted by Crippen LogP contribution is -2.34. The van der Waals surface area contributed by atoms with Gasteiger partial charge in [-0.25, -0.2) is 4.79 Å². The van der Waals surface area contributed by atoms with E-state index in [1.807, 2.05) is 13.8 Å². The van der Waals surface area contributed by atoms with Crippen LogP contribution in [0.2, 0.25) is 0 Å². The zero-order valence-corrected chi connectivity index (χ0v) is 18.7. The number of amides is 3. The summed E-state index contributed by atoms with van der Waals surface area (Å²) in [4.78, 5) is 26.8. The maximum Gasteiger partial charge on any atom is 0.573 e. The Bertz CT molecular complexity index is 916. The highest BCUT2D eigenvalue weighted by molar-refractivity contribution is 7.14. The molecule has 2 aromatic rings. The Labute approximate surface area is 187 Å². The van der Waals surface area contributed by atoms with Crippen LogP contribution in [-0.2, 0) is 0 Å². The third-order valence-electron chi connectivity index (χ3n) is 4.36. The maximum atomic E-state index is 12.5. The van der Waals surface area contributed by atoms with Crippen LogP contribution in [0, 0.1) is 0 Å². The number of urea groups is 1. The van der Waals surface area contributed by atoms with Gasteiger partial charge in [-0.1, -0.05) is 13.8 Å². The summed E-state index contributed by atoms with van der Waals surface area (Å²) in [5, 5.41) is 9.08. The second-order valence-corrected chi connectivity index (χ2v) is 7.38. The Morgan fingerprint density at radius 3 is 2.47 bits per heavy atom. The molecule has 0 aliphatic carbocycles. The van der Waals surface area contributed by atoms with Crippen molar-refractivity contribution in [1.29, 1.82) is 0 Å². The van der Waals surface area contributed by atoms with Crippen LogP contribution in [-0.4, -0.2) is 56.5 Å². The number of thiophene rings is 1. The molecule has 3 amide bonds. The van der Waals surface area contributed by atoms with E-state index in [4.69, 9.17) is 4.74 Å². The van der Waals surface area contributed by atoms with Gasteiger partial charge in [0.15, 0.2) is 0 Å². The predicted octanol–water partition coefficient (Wildman–Crippen LogP) is 4.37. The molecule has 0 fully saturated rings. The number of carbonyl (C=O) groups is 2. The van der Waals surface area contributed by atoms with Gasteiger partial charge in [0.25, 0.3) is 5.91 Å². The van der Waals surface area contributed by atoms with Crippen molar-refractivity contribution < 1.29 is 32.2 Å². The second kappa shape index (κ2) is 11.6. The van der Waals surface area contributed by atoms with Gasteiger partial charge in [-0.05, 0) is 25.2 Å². The van der Waals surface area contributed by atoms with Crippen LogP contribution in [0.25, 0.3) is 0 Å². The highest BCUT2D eigenvalue weighted by Crippen LogP contribution is 2.31. The van der Waals surface area contributed by atoms with Gasteiger partial charge in [0.05, 0.1) is 12.7 Å². The molecule has 1 heterocycles. The van der Waals surface area contributed by atoms with E-state index in [0.717, 1.165) is 42.4 Å². The Balaban J connectivity index is 1.95. The van der Waals surface area contributed by atoms with E-state index in [1.165, 1.54) is 25.3 Å². The number of alkyl halides is 3. The summed E-state index contributed by atoms with van der Waals surface area (Å²) in [7, 11) is 1.40. The topological polar surface area (TPSA) is 91.9 Å². The van der Waals surface area contributed by atoms with Crippen LogP contribution in [0.4, 0.5) is 28.7 Å². The summed E-state index contributed by atoms with van der Waals surface area (Å²) in [5.41, 5.74) is 0.646. The lowest BCUT2D eigenvalue weighted by Gasteiger charge is -2.18. The van der Waals surface area contributed by atoms with Crippen molar-refractivity contribution in [3.63, 3.8) is 0 Å². The van der Waals surface area contributed by atoms with Crippen molar-refractivity contribution in [2.24, 2.45) is 0 Å². The fourth-order valence-electron chi connectivity index (χ4n) is 2.76. The number of nitrogens with one attached hydrogen (secondary N) is 3. The van der Waals surface area contributed by atoms with Gasteiger partial charge in [-0.15, -0.1) is 24.5 Å². The first kappa shape index (κ1) is 25.3. The highest BCUT2D eigenvalue weighted by atomic mass is 32.1. The number of carbonyl (C=O) groups excluding carboxylic acids is 2. The maximum absolute atomic E-state index is 12.5. The summed E-state index contributed by atoms with van der Waals surface area (Å²) >= 11 is 0.878. The fraction of sp³-hybridized carbons (Fsp3) is 0.400. The molecule has 3 N–H and O–H groups in total. The smallest absolute Gasteiger partial charge is 0.496 e. The first-order valence-electron chi connectivity index (χ1n) is 9.76. The quantitative estimate of drug-likeness (QED) is 0.476. The summed E-state index contributed by atoms with van der Waals surface area (Å²) in [6.07, 6.45) is -4.81. The van der Waals surface area contributed by atoms with Crippen molar-refractivity contribution in [2.75, 3.05) is 43.9 Å². The molecule has 12 heteroatoms. The number of benzene rings is 1. The minimum atomic E-state index is -4.81. The van der Waals surface area contributed by atoms with Crippen molar-refractivity contribution >= 4 is 34.0 Å². The first-order chi connectivity index (χ1) is 15.1. The minimum Gasteiger partial charge on any atom is -0.496 e. The summed E-state index contributed by atoms with van der Waals surface area (Å²) in [6.45, 7) is 7.07. The fourth-order valence-corrected chi connectivity index (χ4v) is 3.46. The van der Waals surface area contributed by atoms with Gasteiger partial charge < -0.3 is 25.0 Å². The van der Waals surface area contributed by atoms with E-state index < -0.39 is 18.1 Å². The minimum absolute atomic E-state index is 0.165. The number of nitrogens with zero attached hydrogens (tertiary/aromatic N) is 1. The van der Waals surface area contributed by atoms with Crippen molar-refractivity contribution in [1.82, 2.24) is 10.2 Å². The molecule has 0 aliphatic heterocycles. The van der Waals surface area contributed by atoms with E-state index in [9.17, 15) is 22.8 Å². The zero-order valence-electron chi connectivity index (χ0n) is 17.8. The van der Waals surface area contributed by atoms with Gasteiger partial charge in [0, 0.05) is 36.3 Å². The Morgan fingerprint density at radius 2 is 1.84 bits per heavy atom. The SMILES string of the molecule is CCN(CC)CCNC(=O)c1ccc(NC(=O)Nc2cc(OC(F)(F)F)cs2)cc1OC. The average molecular weight is 475 g/mol. The highest BCUT2D eigenvalue weighted by Gasteiger charge is 2.31. The average Bonchev–Trinajstić information content (AvgIpc) is 3.15. The number of anilines is 2. The molecule has 0 atom stereocenters. The number of ether oxygens (including phenoxy) is 2. The Morgan fingerprint density at radius 1 is 1.12 bits per heavy atom. The van der Waals surface area contributed by atoms with Gasteiger partial charge in [-0.2, -0.15) is 0 Å². The van der Waals surface area contributed by atoms with E-state index in [2.05, 4.69) is 25.6 Å². The van der Waals surface area contributed by atoms with Crippen molar-refractivity contribution in [3.8, 4) is 11.5 Å². The molecule has 8 nitrogen and oxygen atoms in total. The zero-order chi connectivity index (χ0) is 23.7. The molecule has 1 aromatic carbocycles. The van der Waals surface area contributed by atoms with Crippen LogP contribution < -0.4 is 25.4 Å². The predicted molar refractivity (Wildman–Crippen MR) is 117 cm³/mol. The molecule has 0 aliphatic rings. The molecule has 0 bridgehead atoms. The van der Waals surface area contributed by atoms with Crippen LogP contribution >= 0.6 is 11.3 Å². The summed E-state index contributed by atoms with van der Waals surface area (Å²) < 4.78 is 45.8. The van der Waals surface area contributed by atoms with Crippen LogP contribution in [0.5, 0.6) is 11.5 Å². The third-order valence-corrected chi connectivity index (χ3v) is 5.18. The number of methoxy groups -OCH3 is 1. The molecule has 0 unspecified atom stereocenters. The van der Waals surface area contributed by atoms with E-state index in [1.54, 1.807) is 0 Å². The van der Waals surface area contributed by atoms with Gasteiger partial charge >= 0.3 is 12.4 Å². The summed E-state index contributed by atoms with van der Waals surface area (Å²) in [5.74, 6) is -0.461. The molecule has 0 saturated carbocycles. The number of halogens is 3. The van der Waals surface area contributed by atoms with Crippen LogP contribution in [0.1, 0.15) is 24.2 Å². The molecule has 0 spiro atoms. The molecule has 0 radical (unpaired) electrons. The number of rotatable bonds is 10. The van der Waals surface area contributed by atoms with Crippen LogP contribution in [0.3, 0.4) is 0 Å². The van der Waals surface area contributed by atoms with E-state index >= 15 is 0 Å². The Kier molecular flexibility index (Phi) is 9.14. The van der Waals surface area contributed by atoms with Crippen molar-refractivity contribution in [3.05, 3.63) is 35.2 Å². The number of hydrogen-bond donors (Lipinski definition) is 3. The third kappa shape index (κ3) is 7.93. The molecule has 32 heavy (non-hydrogen) atoms. The van der Waals surface area contributed by atoms with Gasteiger partial charge in [0.2, 0.25) is 0 Å². The molecule has 176 valence electrons. The number of hydrogen-bond acceptors (Lipinski definition) is 6. The normalized spacial score (nSPS) is 11.2. The summed E-state index contributed by atoms with van der Waals surface area (Å²) in [6, 6.07) is 4.90. The molecule has 0 saturated heterocycles. The monoisotopic (exact) mass is 474 g/mol. The lowest BCUT2D eigenvalue weighted by atomic mass is 10.1.